The Labute approximate surface area is 129 Å². The molecule has 2 heterocycles. The Hall–Kier alpha value is -2.50. The van der Waals surface area contributed by atoms with Crippen molar-refractivity contribution in [2.45, 2.75) is 32.0 Å². The Balaban J connectivity index is 1.40. The summed E-state index contributed by atoms with van der Waals surface area (Å²) in [5.41, 5.74) is 1.20. The highest BCUT2D eigenvalue weighted by molar-refractivity contribution is 5.74. The number of benzene rings is 1. The van der Waals surface area contributed by atoms with E-state index >= 15 is 0 Å². The summed E-state index contributed by atoms with van der Waals surface area (Å²) in [6.45, 7) is 3.09. The lowest BCUT2D eigenvalue weighted by atomic mass is 10.1. The van der Waals surface area contributed by atoms with Crippen LogP contribution in [0.2, 0.25) is 0 Å². The first-order valence-corrected chi connectivity index (χ1v) is 7.47. The van der Waals surface area contributed by atoms with E-state index in [1.165, 1.54) is 5.56 Å². The van der Waals surface area contributed by atoms with Gasteiger partial charge >= 0.3 is 6.03 Å². The summed E-state index contributed by atoms with van der Waals surface area (Å²) < 4.78 is 7.58. The van der Waals surface area contributed by atoms with Gasteiger partial charge < -0.3 is 15.4 Å². The number of nitrogens with one attached hydrogen (secondary N) is 2. The topological polar surface area (TPSA) is 68.2 Å². The van der Waals surface area contributed by atoms with Crippen LogP contribution in [-0.2, 0) is 13.0 Å². The maximum absolute atomic E-state index is 11.9. The molecule has 0 bridgehead atoms. The third kappa shape index (κ3) is 3.58. The van der Waals surface area contributed by atoms with Crippen molar-refractivity contribution in [1.29, 1.82) is 0 Å². The zero-order chi connectivity index (χ0) is 15.4. The summed E-state index contributed by atoms with van der Waals surface area (Å²) in [6.07, 6.45) is 4.44. The number of para-hydroxylation sites is 1. The van der Waals surface area contributed by atoms with Crippen molar-refractivity contribution in [3.63, 3.8) is 0 Å². The Morgan fingerprint density at radius 3 is 3.09 bits per heavy atom. The van der Waals surface area contributed by atoms with E-state index < -0.39 is 0 Å². The molecule has 22 heavy (non-hydrogen) atoms. The van der Waals surface area contributed by atoms with Gasteiger partial charge in [-0.1, -0.05) is 18.2 Å². The molecule has 6 heteroatoms. The predicted octanol–water partition coefficient (Wildman–Crippen LogP) is 1.57. The molecule has 2 aromatic rings. The van der Waals surface area contributed by atoms with E-state index in [1.54, 1.807) is 10.9 Å². The third-order valence-corrected chi connectivity index (χ3v) is 3.60. The van der Waals surface area contributed by atoms with E-state index in [0.717, 1.165) is 12.2 Å². The number of nitrogens with zero attached hydrogens (tertiary/aromatic N) is 2. The van der Waals surface area contributed by atoms with Crippen LogP contribution >= 0.6 is 0 Å². The number of urea groups is 1. The Bertz CT molecular complexity index is 602. The zero-order valence-electron chi connectivity index (χ0n) is 12.5. The Morgan fingerprint density at radius 2 is 2.32 bits per heavy atom. The first-order valence-electron chi connectivity index (χ1n) is 7.47. The van der Waals surface area contributed by atoms with Gasteiger partial charge in [-0.2, -0.15) is 5.10 Å². The fourth-order valence-electron chi connectivity index (χ4n) is 2.58. The molecular weight excluding hydrogens is 280 g/mol. The molecule has 6 nitrogen and oxygen atoms in total. The summed E-state index contributed by atoms with van der Waals surface area (Å²) in [4.78, 5) is 11.9. The molecule has 3 rings (SSSR count). The Morgan fingerprint density at radius 1 is 1.45 bits per heavy atom. The summed E-state index contributed by atoms with van der Waals surface area (Å²) in [5.74, 6) is 0.918. The van der Waals surface area contributed by atoms with E-state index in [-0.39, 0.29) is 18.2 Å². The Kier molecular flexibility index (Phi) is 4.27. The number of amides is 2. The minimum atomic E-state index is -0.181. The molecule has 1 aliphatic rings. The van der Waals surface area contributed by atoms with Gasteiger partial charge in [0.25, 0.3) is 0 Å². The second kappa shape index (κ2) is 6.51. The fraction of sp³-hybridized carbons (Fsp3) is 0.375. The molecule has 0 aliphatic carbocycles. The number of hydrogen-bond donors (Lipinski definition) is 2. The molecule has 116 valence electrons. The number of rotatable bonds is 5. The second-order valence-corrected chi connectivity index (χ2v) is 5.54. The number of aromatic nitrogens is 2. The van der Waals surface area contributed by atoms with Crippen LogP contribution in [0.4, 0.5) is 4.79 Å². The van der Waals surface area contributed by atoms with Crippen LogP contribution in [-0.4, -0.2) is 34.5 Å². The van der Waals surface area contributed by atoms with Gasteiger partial charge in [0.15, 0.2) is 0 Å². The quantitative estimate of drug-likeness (QED) is 0.881. The lowest BCUT2D eigenvalue weighted by Gasteiger charge is -2.16. The minimum absolute atomic E-state index is 0.00148. The number of hydrogen-bond acceptors (Lipinski definition) is 3. The van der Waals surface area contributed by atoms with Crippen LogP contribution in [0, 0.1) is 0 Å². The molecule has 0 spiro atoms. The highest BCUT2D eigenvalue weighted by atomic mass is 16.5. The van der Waals surface area contributed by atoms with Gasteiger partial charge in [0.1, 0.15) is 11.9 Å². The average molecular weight is 300 g/mol. The summed E-state index contributed by atoms with van der Waals surface area (Å²) in [7, 11) is 0. The molecule has 0 fully saturated rings. The van der Waals surface area contributed by atoms with Crippen LogP contribution in [0.1, 0.15) is 12.5 Å². The highest BCUT2D eigenvalue weighted by Gasteiger charge is 2.22. The molecule has 0 unspecified atom stereocenters. The molecule has 2 atom stereocenters. The van der Waals surface area contributed by atoms with Crippen molar-refractivity contribution in [3.8, 4) is 5.75 Å². The fourth-order valence-corrected chi connectivity index (χ4v) is 2.58. The van der Waals surface area contributed by atoms with Gasteiger partial charge in [-0.05, 0) is 24.6 Å². The molecule has 1 aliphatic heterocycles. The van der Waals surface area contributed by atoms with Gasteiger partial charge in [-0.25, -0.2) is 4.79 Å². The van der Waals surface area contributed by atoms with Crippen LogP contribution in [0.5, 0.6) is 5.75 Å². The molecule has 2 amide bonds. The molecule has 1 aromatic carbocycles. The van der Waals surface area contributed by atoms with Crippen molar-refractivity contribution in [3.05, 3.63) is 48.3 Å². The maximum atomic E-state index is 11.9. The van der Waals surface area contributed by atoms with Crippen molar-refractivity contribution in [1.82, 2.24) is 20.4 Å². The van der Waals surface area contributed by atoms with E-state index in [4.69, 9.17) is 4.74 Å². The first-order chi connectivity index (χ1) is 10.7. The SMILES string of the molecule is C[C@@H](Cn1cccn1)NC(=O)NC[C@@H]1Cc2ccccc2O1. The highest BCUT2D eigenvalue weighted by Crippen LogP contribution is 2.27. The van der Waals surface area contributed by atoms with Crippen molar-refractivity contribution < 1.29 is 9.53 Å². The molecule has 1 aromatic heterocycles. The number of fused-ring (bicyclic) bond motifs is 1. The largest absolute Gasteiger partial charge is 0.488 e. The van der Waals surface area contributed by atoms with E-state index in [0.29, 0.717) is 13.1 Å². The lowest BCUT2D eigenvalue weighted by molar-refractivity contribution is 0.211. The van der Waals surface area contributed by atoms with Gasteiger partial charge in [0.05, 0.1) is 13.1 Å². The first kappa shape index (κ1) is 14.4. The van der Waals surface area contributed by atoms with Crippen LogP contribution < -0.4 is 15.4 Å². The lowest BCUT2D eigenvalue weighted by Crippen LogP contribution is -2.45. The van der Waals surface area contributed by atoms with E-state index in [2.05, 4.69) is 21.8 Å². The van der Waals surface area contributed by atoms with Crippen molar-refractivity contribution in [2.24, 2.45) is 0 Å². The molecule has 0 saturated heterocycles. The van der Waals surface area contributed by atoms with Crippen LogP contribution in [0.3, 0.4) is 0 Å². The van der Waals surface area contributed by atoms with Gasteiger partial charge in [0.2, 0.25) is 0 Å². The zero-order valence-corrected chi connectivity index (χ0v) is 12.5. The van der Waals surface area contributed by atoms with Crippen molar-refractivity contribution in [2.75, 3.05) is 6.54 Å². The summed E-state index contributed by atoms with van der Waals surface area (Å²) >= 11 is 0. The van der Waals surface area contributed by atoms with Crippen LogP contribution in [0.15, 0.2) is 42.7 Å². The molecule has 0 radical (unpaired) electrons. The number of carbonyl (C=O) groups excluding carboxylic acids is 1. The summed E-state index contributed by atoms with van der Waals surface area (Å²) in [6, 6.07) is 9.66. The van der Waals surface area contributed by atoms with Gasteiger partial charge in [-0.3, -0.25) is 4.68 Å². The standard InChI is InChI=1S/C16H20N4O2/c1-12(11-20-8-4-7-18-20)19-16(21)17-10-14-9-13-5-2-3-6-15(13)22-14/h2-8,12,14H,9-11H2,1H3,(H2,17,19,21)/t12-,14-/m0/s1. The monoisotopic (exact) mass is 300 g/mol. The minimum Gasteiger partial charge on any atom is -0.488 e. The molecule has 0 saturated carbocycles. The summed E-state index contributed by atoms with van der Waals surface area (Å²) in [5, 5.41) is 9.88. The molecule has 2 N–H and O–H groups in total. The van der Waals surface area contributed by atoms with Gasteiger partial charge in [0, 0.05) is 24.9 Å². The number of carbonyl (C=O) groups is 1. The van der Waals surface area contributed by atoms with Crippen LogP contribution in [0.25, 0.3) is 0 Å². The predicted molar refractivity (Wildman–Crippen MR) is 82.8 cm³/mol. The third-order valence-electron chi connectivity index (χ3n) is 3.60. The second-order valence-electron chi connectivity index (χ2n) is 5.54. The maximum Gasteiger partial charge on any atom is 0.315 e. The molecular formula is C16H20N4O2. The van der Waals surface area contributed by atoms with Gasteiger partial charge in [-0.15, -0.1) is 0 Å². The number of ether oxygens (including phenoxy) is 1. The van der Waals surface area contributed by atoms with E-state index in [9.17, 15) is 4.79 Å². The normalized spacial score (nSPS) is 17.4. The average Bonchev–Trinajstić information content (AvgIpc) is 3.13. The van der Waals surface area contributed by atoms with E-state index in [1.807, 2.05) is 37.4 Å². The van der Waals surface area contributed by atoms with Crippen molar-refractivity contribution >= 4 is 6.03 Å². The smallest absolute Gasteiger partial charge is 0.315 e.